The lowest BCUT2D eigenvalue weighted by Gasteiger charge is -2.20. The van der Waals surface area contributed by atoms with E-state index in [1.54, 1.807) is 6.07 Å². The van der Waals surface area contributed by atoms with Gasteiger partial charge in [0, 0.05) is 28.6 Å². The Morgan fingerprint density at radius 1 is 1.19 bits per heavy atom. The van der Waals surface area contributed by atoms with Gasteiger partial charge in [-0.25, -0.2) is 14.4 Å². The number of alkyl halides is 2. The Bertz CT molecular complexity index is 1340. The van der Waals surface area contributed by atoms with Crippen LogP contribution in [0.5, 0.6) is 5.75 Å². The first-order valence-corrected chi connectivity index (χ1v) is 12.1. The third kappa shape index (κ3) is 5.82. The maximum absolute atomic E-state index is 13.2. The van der Waals surface area contributed by atoms with Crippen molar-refractivity contribution >= 4 is 29.1 Å². The Balaban J connectivity index is 0.000000325. The first-order chi connectivity index (χ1) is 17.3. The summed E-state index contributed by atoms with van der Waals surface area (Å²) in [6.07, 6.45) is 5.25. The summed E-state index contributed by atoms with van der Waals surface area (Å²) < 4.78 is 43.9. The number of hydrogen-bond acceptors (Lipinski definition) is 8. The SMILES string of the molecule is CNC1(C)CCSC1.O=Cc1cnc2c(-c3cccc(OC(F)F)c3)nn(-c3ncc(F)cn3)c2c1. The molecule has 1 aliphatic rings. The molecule has 0 radical (unpaired) electrons. The number of aldehydes is 1. The summed E-state index contributed by atoms with van der Waals surface area (Å²) in [4.78, 5) is 23.2. The summed E-state index contributed by atoms with van der Waals surface area (Å²) in [5, 5.41) is 7.72. The summed E-state index contributed by atoms with van der Waals surface area (Å²) in [5.74, 6) is 2.00. The molecule has 1 fully saturated rings. The molecule has 1 aromatic carbocycles. The molecular weight excluding hydrogens is 493 g/mol. The van der Waals surface area contributed by atoms with Gasteiger partial charge in [-0.15, -0.1) is 0 Å². The van der Waals surface area contributed by atoms with Crippen LogP contribution in [-0.4, -0.2) is 61.7 Å². The lowest BCUT2D eigenvalue weighted by atomic mass is 10.0. The number of nitrogens with one attached hydrogen (secondary N) is 1. The molecule has 1 saturated heterocycles. The summed E-state index contributed by atoms with van der Waals surface area (Å²) in [6, 6.07) is 7.48. The van der Waals surface area contributed by atoms with Crippen molar-refractivity contribution in [3.63, 3.8) is 0 Å². The first kappa shape index (κ1) is 25.6. The maximum atomic E-state index is 13.2. The highest BCUT2D eigenvalue weighted by atomic mass is 32.2. The molecule has 5 rings (SSSR count). The minimum Gasteiger partial charge on any atom is -0.435 e. The van der Waals surface area contributed by atoms with E-state index in [1.807, 2.05) is 18.8 Å². The number of pyridine rings is 1. The average Bonchev–Trinajstić information content (AvgIpc) is 3.49. The Morgan fingerprint density at radius 2 is 1.97 bits per heavy atom. The van der Waals surface area contributed by atoms with E-state index in [0.717, 1.165) is 12.4 Å². The second-order valence-electron chi connectivity index (χ2n) is 8.24. The lowest BCUT2D eigenvalue weighted by Crippen LogP contribution is -2.39. The Kier molecular flexibility index (Phi) is 7.85. The van der Waals surface area contributed by atoms with E-state index in [9.17, 15) is 18.0 Å². The first-order valence-electron chi connectivity index (χ1n) is 11.0. The molecule has 12 heteroatoms. The number of fused-ring (bicyclic) bond motifs is 1. The van der Waals surface area contributed by atoms with Gasteiger partial charge >= 0.3 is 6.61 Å². The number of ether oxygens (including phenoxy) is 1. The molecule has 4 aromatic rings. The zero-order valence-electron chi connectivity index (χ0n) is 19.5. The fourth-order valence-corrected chi connectivity index (χ4v) is 5.00. The van der Waals surface area contributed by atoms with Crippen molar-refractivity contribution in [2.24, 2.45) is 0 Å². The van der Waals surface area contributed by atoms with Crippen molar-refractivity contribution in [2.45, 2.75) is 25.5 Å². The van der Waals surface area contributed by atoms with Crippen LogP contribution in [0.25, 0.3) is 28.2 Å². The monoisotopic (exact) mass is 516 g/mol. The van der Waals surface area contributed by atoms with E-state index in [1.165, 1.54) is 53.1 Å². The zero-order valence-corrected chi connectivity index (χ0v) is 20.3. The highest BCUT2D eigenvalue weighted by Crippen LogP contribution is 2.30. The quantitative estimate of drug-likeness (QED) is 0.374. The lowest BCUT2D eigenvalue weighted by molar-refractivity contribution is -0.0498. The van der Waals surface area contributed by atoms with Crippen LogP contribution in [0.1, 0.15) is 23.7 Å². The molecule has 0 saturated carbocycles. The van der Waals surface area contributed by atoms with Crippen LogP contribution >= 0.6 is 11.8 Å². The van der Waals surface area contributed by atoms with Crippen molar-refractivity contribution in [2.75, 3.05) is 18.6 Å². The minimum atomic E-state index is -2.97. The summed E-state index contributed by atoms with van der Waals surface area (Å²) in [5.41, 5.74) is 2.30. The Labute approximate surface area is 209 Å². The van der Waals surface area contributed by atoms with E-state index in [0.29, 0.717) is 34.1 Å². The highest BCUT2D eigenvalue weighted by molar-refractivity contribution is 7.99. The van der Waals surface area contributed by atoms with Gasteiger partial charge in [-0.2, -0.15) is 30.3 Å². The topological polar surface area (TPSA) is 94.8 Å². The number of hydrogen-bond donors (Lipinski definition) is 1. The summed E-state index contributed by atoms with van der Waals surface area (Å²) >= 11 is 2.04. The number of nitrogens with zero attached hydrogens (tertiary/aromatic N) is 5. The molecule has 8 nitrogen and oxygen atoms in total. The average molecular weight is 517 g/mol. The third-order valence-electron chi connectivity index (χ3n) is 5.63. The fourth-order valence-electron chi connectivity index (χ4n) is 3.52. The van der Waals surface area contributed by atoms with Crippen LogP contribution in [-0.2, 0) is 0 Å². The van der Waals surface area contributed by atoms with Crippen LogP contribution in [0.15, 0.2) is 48.9 Å². The number of aromatic nitrogens is 5. The van der Waals surface area contributed by atoms with Gasteiger partial charge < -0.3 is 10.1 Å². The summed E-state index contributed by atoms with van der Waals surface area (Å²) in [7, 11) is 2.05. The van der Waals surface area contributed by atoms with E-state index >= 15 is 0 Å². The van der Waals surface area contributed by atoms with Crippen molar-refractivity contribution in [1.82, 2.24) is 30.0 Å². The van der Waals surface area contributed by atoms with Gasteiger partial charge in [-0.05, 0) is 44.3 Å². The molecule has 1 atom stereocenters. The van der Waals surface area contributed by atoms with Gasteiger partial charge in [0.05, 0.1) is 17.9 Å². The van der Waals surface area contributed by atoms with Gasteiger partial charge in [0.1, 0.15) is 17.0 Å². The smallest absolute Gasteiger partial charge is 0.387 e. The van der Waals surface area contributed by atoms with E-state index in [2.05, 4.69) is 37.0 Å². The van der Waals surface area contributed by atoms with Crippen molar-refractivity contribution in [1.29, 1.82) is 0 Å². The van der Waals surface area contributed by atoms with Gasteiger partial charge in [-0.3, -0.25) is 9.78 Å². The summed E-state index contributed by atoms with van der Waals surface area (Å²) in [6.45, 7) is -0.682. The van der Waals surface area contributed by atoms with Crippen molar-refractivity contribution in [3.8, 4) is 23.0 Å². The molecule has 0 aliphatic carbocycles. The number of thioether (sulfide) groups is 1. The van der Waals surface area contributed by atoms with Crippen LogP contribution in [0.3, 0.4) is 0 Å². The van der Waals surface area contributed by atoms with Crippen LogP contribution in [0, 0.1) is 5.82 Å². The van der Waals surface area contributed by atoms with Crippen molar-refractivity contribution < 1.29 is 22.7 Å². The molecular formula is C24H23F3N6O2S. The zero-order chi connectivity index (χ0) is 25.7. The predicted molar refractivity (Wildman–Crippen MR) is 131 cm³/mol. The Hall–Kier alpha value is -3.51. The van der Waals surface area contributed by atoms with Crippen LogP contribution in [0.2, 0.25) is 0 Å². The molecule has 4 heterocycles. The van der Waals surface area contributed by atoms with Crippen LogP contribution in [0.4, 0.5) is 13.2 Å². The largest absolute Gasteiger partial charge is 0.435 e. The Morgan fingerprint density at radius 3 is 2.58 bits per heavy atom. The minimum absolute atomic E-state index is 0.0438. The molecule has 1 N–H and O–H groups in total. The number of carbonyl (C=O) groups excluding carboxylic acids is 1. The van der Waals surface area contributed by atoms with Gasteiger partial charge in [0.15, 0.2) is 12.1 Å². The van der Waals surface area contributed by atoms with E-state index in [4.69, 9.17) is 0 Å². The molecule has 188 valence electrons. The van der Waals surface area contributed by atoms with Gasteiger partial charge in [-0.1, -0.05) is 12.1 Å². The normalized spacial score (nSPS) is 17.2. The van der Waals surface area contributed by atoms with E-state index < -0.39 is 12.4 Å². The standard InChI is InChI=1S/C18H10F3N5O2.C6H13NS/c19-12-7-23-18(24-8-12)26-14-4-10(9-27)6-22-16(14)15(25-26)11-2-1-3-13(5-11)28-17(20)21;1-6(7-2)3-4-8-5-6/h1-9,17H;7H,3-5H2,1-2H3. The second kappa shape index (κ2) is 11.0. The van der Waals surface area contributed by atoms with Crippen molar-refractivity contribution in [3.05, 3.63) is 60.3 Å². The highest BCUT2D eigenvalue weighted by Gasteiger charge is 2.26. The molecule has 36 heavy (non-hydrogen) atoms. The number of carbonyl (C=O) groups is 1. The third-order valence-corrected chi connectivity index (χ3v) is 6.96. The molecule has 1 unspecified atom stereocenters. The number of rotatable bonds is 6. The second-order valence-corrected chi connectivity index (χ2v) is 9.34. The van der Waals surface area contributed by atoms with Crippen LogP contribution < -0.4 is 10.1 Å². The van der Waals surface area contributed by atoms with E-state index in [-0.39, 0.29) is 17.3 Å². The molecule has 0 amide bonds. The van der Waals surface area contributed by atoms with Gasteiger partial charge in [0.25, 0.3) is 5.95 Å². The number of halogens is 3. The fraction of sp³-hybridized carbons (Fsp3) is 0.292. The molecule has 0 spiro atoms. The predicted octanol–water partition coefficient (Wildman–Crippen LogP) is 4.53. The van der Waals surface area contributed by atoms with Gasteiger partial charge in [0.2, 0.25) is 0 Å². The molecule has 1 aliphatic heterocycles. The maximum Gasteiger partial charge on any atom is 0.387 e. The number of benzene rings is 1. The molecule has 3 aromatic heterocycles. The molecule has 0 bridgehead atoms.